The van der Waals surface area contributed by atoms with Gasteiger partial charge in [-0.3, -0.25) is 14.5 Å². The van der Waals surface area contributed by atoms with Crippen molar-refractivity contribution in [1.82, 2.24) is 4.98 Å². The van der Waals surface area contributed by atoms with Crippen LogP contribution in [0.4, 0.5) is 11.4 Å². The van der Waals surface area contributed by atoms with Crippen LogP contribution < -0.4 is 10.2 Å². The quantitative estimate of drug-likeness (QED) is 0.154. The molecule has 0 saturated heterocycles. The predicted octanol–water partition coefficient (Wildman–Crippen LogP) is 9.11. The lowest BCUT2D eigenvalue weighted by Gasteiger charge is -2.22. The number of anilines is 2. The van der Waals surface area contributed by atoms with Gasteiger partial charge in [-0.15, -0.1) is 0 Å². The number of nitrogens with one attached hydrogen (secondary N) is 1. The number of halogens is 1. The maximum Gasteiger partial charge on any atom is 0.336 e. The average Bonchev–Trinajstić information content (AvgIpc) is 3.44. The summed E-state index contributed by atoms with van der Waals surface area (Å²) < 4.78 is 0. The van der Waals surface area contributed by atoms with E-state index in [9.17, 15) is 19.5 Å². The molecule has 2 amide bonds. The number of aromatic carboxylic acids is 1. The number of amides is 2. The zero-order chi connectivity index (χ0) is 34.6. The maximum absolute atomic E-state index is 14.1. The van der Waals surface area contributed by atoms with E-state index in [1.807, 2.05) is 72.8 Å². The van der Waals surface area contributed by atoms with E-state index in [2.05, 4.69) is 10.3 Å². The molecule has 1 aliphatic heterocycles. The van der Waals surface area contributed by atoms with Crippen LogP contribution in [-0.2, 0) is 9.59 Å². The lowest BCUT2D eigenvalue weighted by atomic mass is 10.0. The van der Waals surface area contributed by atoms with Crippen molar-refractivity contribution in [2.45, 2.75) is 5.25 Å². The summed E-state index contributed by atoms with van der Waals surface area (Å²) in [6, 6.07) is 41.3. The highest BCUT2D eigenvalue weighted by Crippen LogP contribution is 2.38. The Labute approximate surface area is 296 Å². The van der Waals surface area contributed by atoms with Gasteiger partial charge in [-0.25, -0.2) is 14.8 Å². The Morgan fingerprint density at radius 1 is 0.820 bits per heavy atom. The largest absolute Gasteiger partial charge is 0.478 e. The van der Waals surface area contributed by atoms with Crippen LogP contribution >= 0.6 is 23.4 Å². The van der Waals surface area contributed by atoms with Gasteiger partial charge in [0.25, 0.3) is 5.91 Å². The standard InChI is InChI=1S/C40H27ClN4O4S/c41-28-13-9-10-25(22-28)23-35-38(47)45(30-14-5-2-6-15-30)40(44-35)50-36(27-11-3-1-4-12-27)37(46)42-29-20-18-26(19-21-29)34-24-32(39(48)49)31-16-7-8-17-33(31)43-34/h1-24,36H,(H,42,46)(H,48,49)/b35-23-. The van der Waals surface area contributed by atoms with Crippen LogP contribution in [0.3, 0.4) is 0 Å². The molecular formula is C40H27ClN4O4S. The predicted molar refractivity (Wildman–Crippen MR) is 200 cm³/mol. The molecule has 5 aromatic carbocycles. The van der Waals surface area contributed by atoms with Crippen molar-refractivity contribution in [2.75, 3.05) is 10.2 Å². The molecule has 1 unspecified atom stereocenters. The molecule has 0 radical (unpaired) electrons. The van der Waals surface area contributed by atoms with Crippen molar-refractivity contribution in [3.63, 3.8) is 0 Å². The van der Waals surface area contributed by atoms with Crippen molar-refractivity contribution < 1.29 is 19.5 Å². The molecular weight excluding hydrogens is 668 g/mol. The first-order chi connectivity index (χ1) is 24.3. The summed E-state index contributed by atoms with van der Waals surface area (Å²) in [6.45, 7) is 0. The molecule has 244 valence electrons. The summed E-state index contributed by atoms with van der Waals surface area (Å²) in [5.41, 5.74) is 4.76. The summed E-state index contributed by atoms with van der Waals surface area (Å²) >= 11 is 7.38. The molecule has 1 aromatic heterocycles. The summed E-state index contributed by atoms with van der Waals surface area (Å²) in [5.74, 6) is -1.68. The molecule has 1 atom stereocenters. The van der Waals surface area contributed by atoms with Gasteiger partial charge in [-0.2, -0.15) is 0 Å². The number of benzene rings is 5. The third kappa shape index (κ3) is 6.91. The molecule has 0 aliphatic carbocycles. The number of hydrogen-bond acceptors (Lipinski definition) is 6. The third-order valence-electron chi connectivity index (χ3n) is 7.95. The van der Waals surface area contributed by atoms with Gasteiger partial charge in [0, 0.05) is 21.7 Å². The van der Waals surface area contributed by atoms with Crippen LogP contribution in [0.15, 0.2) is 150 Å². The molecule has 2 heterocycles. The van der Waals surface area contributed by atoms with Gasteiger partial charge in [0.2, 0.25) is 5.91 Å². The van der Waals surface area contributed by atoms with E-state index in [0.29, 0.717) is 43.7 Å². The molecule has 0 spiro atoms. The summed E-state index contributed by atoms with van der Waals surface area (Å²) in [4.78, 5) is 50.8. The van der Waals surface area contributed by atoms with Gasteiger partial charge >= 0.3 is 5.97 Å². The second-order valence-corrected chi connectivity index (χ2v) is 12.8. The summed E-state index contributed by atoms with van der Waals surface area (Å²) in [5, 5.41) is 13.5. The van der Waals surface area contributed by atoms with Crippen LogP contribution in [0.1, 0.15) is 26.7 Å². The number of rotatable bonds is 8. The molecule has 7 rings (SSSR count). The minimum atomic E-state index is -1.04. The fraction of sp³-hybridized carbons (Fsp3) is 0.0250. The molecule has 6 aromatic rings. The second-order valence-electron chi connectivity index (χ2n) is 11.3. The van der Waals surface area contributed by atoms with Crippen molar-refractivity contribution in [3.8, 4) is 11.3 Å². The lowest BCUT2D eigenvalue weighted by molar-refractivity contribution is -0.116. The fourth-order valence-corrected chi connectivity index (χ4v) is 6.89. The van der Waals surface area contributed by atoms with Gasteiger partial charge in [0.1, 0.15) is 10.9 Å². The number of fused-ring (bicyclic) bond motifs is 1. The number of para-hydroxylation sites is 2. The van der Waals surface area contributed by atoms with Gasteiger partial charge in [0.05, 0.1) is 22.5 Å². The molecule has 0 bridgehead atoms. The number of amidine groups is 1. The third-order valence-corrected chi connectivity index (χ3v) is 9.40. The van der Waals surface area contributed by atoms with E-state index in [-0.39, 0.29) is 23.1 Å². The molecule has 0 fully saturated rings. The Morgan fingerprint density at radius 3 is 2.24 bits per heavy atom. The summed E-state index contributed by atoms with van der Waals surface area (Å²) in [7, 11) is 0. The normalized spacial score (nSPS) is 14.1. The van der Waals surface area contributed by atoms with Crippen LogP contribution in [-0.4, -0.2) is 33.0 Å². The fourth-order valence-electron chi connectivity index (χ4n) is 5.57. The van der Waals surface area contributed by atoms with Gasteiger partial charge in [-0.05, 0) is 65.7 Å². The molecule has 8 nitrogen and oxygen atoms in total. The number of carbonyl (C=O) groups is 3. The van der Waals surface area contributed by atoms with Gasteiger partial charge in [-0.1, -0.05) is 114 Å². The first-order valence-electron chi connectivity index (χ1n) is 15.6. The number of nitrogens with zero attached hydrogens (tertiary/aromatic N) is 3. The number of carbonyl (C=O) groups excluding carboxylic acids is 2. The highest BCUT2D eigenvalue weighted by atomic mass is 35.5. The Morgan fingerprint density at radius 2 is 1.52 bits per heavy atom. The monoisotopic (exact) mass is 694 g/mol. The minimum Gasteiger partial charge on any atom is -0.478 e. The number of aliphatic imine (C=N–C) groups is 1. The first kappa shape index (κ1) is 32.5. The highest BCUT2D eigenvalue weighted by molar-refractivity contribution is 8.15. The number of hydrogen-bond donors (Lipinski definition) is 2. The Hall–Kier alpha value is -6.03. The van der Waals surface area contributed by atoms with Gasteiger partial charge in [0.15, 0.2) is 5.17 Å². The van der Waals surface area contributed by atoms with Crippen molar-refractivity contribution >= 4 is 74.7 Å². The second kappa shape index (κ2) is 14.2. The van der Waals surface area contributed by atoms with Crippen LogP contribution in [0.25, 0.3) is 28.2 Å². The number of carboxylic acid groups (broad SMARTS) is 1. The maximum atomic E-state index is 14.1. The number of thioether (sulfide) groups is 1. The van der Waals surface area contributed by atoms with E-state index >= 15 is 0 Å². The van der Waals surface area contributed by atoms with Crippen molar-refractivity contribution in [3.05, 3.63) is 167 Å². The molecule has 0 saturated carbocycles. The zero-order valence-electron chi connectivity index (χ0n) is 26.2. The topological polar surface area (TPSA) is 112 Å². The summed E-state index contributed by atoms with van der Waals surface area (Å²) in [6.07, 6.45) is 1.68. The number of aromatic nitrogens is 1. The zero-order valence-corrected chi connectivity index (χ0v) is 27.8. The van der Waals surface area contributed by atoms with E-state index in [0.717, 1.165) is 11.1 Å². The minimum absolute atomic E-state index is 0.161. The van der Waals surface area contributed by atoms with Crippen LogP contribution in [0.2, 0.25) is 5.02 Å². The molecule has 2 N–H and O–H groups in total. The highest BCUT2D eigenvalue weighted by Gasteiger charge is 2.36. The van der Waals surface area contributed by atoms with E-state index < -0.39 is 11.2 Å². The SMILES string of the molecule is O=C(O)c1cc(-c2ccc(NC(=O)C(SC3=N/C(=C\c4cccc(Cl)c4)C(=O)N3c3ccccc3)c3ccccc3)cc2)nc2ccccc12. The van der Waals surface area contributed by atoms with Gasteiger partial charge < -0.3 is 10.4 Å². The number of pyridine rings is 1. The average molecular weight is 695 g/mol. The molecule has 50 heavy (non-hydrogen) atoms. The smallest absolute Gasteiger partial charge is 0.336 e. The Balaban J connectivity index is 1.19. The Kier molecular flexibility index (Phi) is 9.24. The molecule has 10 heteroatoms. The van der Waals surface area contributed by atoms with E-state index in [1.165, 1.54) is 16.7 Å². The lowest BCUT2D eigenvalue weighted by Crippen LogP contribution is -2.32. The Bertz CT molecular complexity index is 2310. The van der Waals surface area contributed by atoms with E-state index in [1.54, 1.807) is 72.8 Å². The van der Waals surface area contributed by atoms with Crippen molar-refractivity contribution in [2.24, 2.45) is 4.99 Å². The molecule has 1 aliphatic rings. The van der Waals surface area contributed by atoms with Crippen LogP contribution in [0, 0.1) is 0 Å². The van der Waals surface area contributed by atoms with Crippen LogP contribution in [0.5, 0.6) is 0 Å². The van der Waals surface area contributed by atoms with E-state index in [4.69, 9.17) is 16.6 Å². The van der Waals surface area contributed by atoms with Crippen molar-refractivity contribution in [1.29, 1.82) is 0 Å². The first-order valence-corrected chi connectivity index (χ1v) is 16.8. The number of carboxylic acids is 1.